The van der Waals surface area contributed by atoms with Crippen LogP contribution in [0.5, 0.6) is 5.75 Å². The molecule has 3 N–H and O–H groups in total. The molecule has 0 aliphatic carbocycles. The van der Waals surface area contributed by atoms with E-state index in [0.717, 1.165) is 18.2 Å². The minimum absolute atomic E-state index is 0.266. The molecular weight excluding hydrogens is 430 g/mol. The van der Waals surface area contributed by atoms with E-state index in [1.807, 2.05) is 0 Å². The maximum absolute atomic E-state index is 12.2. The van der Waals surface area contributed by atoms with E-state index in [9.17, 15) is 29.8 Å². The largest absolute Gasteiger partial charge is 0.490 e. The summed E-state index contributed by atoms with van der Waals surface area (Å²) in [6, 6.07) is 8.60. The molecule has 2 aromatic carbocycles. The number of rotatable bonds is 7. The van der Waals surface area contributed by atoms with Crippen LogP contribution in [-0.4, -0.2) is 33.4 Å². The summed E-state index contributed by atoms with van der Waals surface area (Å²) in [5, 5.41) is 23.6. The lowest BCUT2D eigenvalue weighted by Gasteiger charge is -2.11. The number of nitro benzene ring substituents is 2. The SMILES string of the molecule is C=CCOc1ccc(C(=O)NNC(=S)NC(=O)c2cc([N+](=O)[O-])cc([N+](=O)[O-])c2)cc1. The highest BCUT2D eigenvalue weighted by molar-refractivity contribution is 7.80. The number of amides is 2. The molecule has 0 saturated carbocycles. The Balaban J connectivity index is 1.97. The number of benzene rings is 2. The van der Waals surface area contributed by atoms with Gasteiger partial charge in [-0.1, -0.05) is 12.7 Å². The van der Waals surface area contributed by atoms with Gasteiger partial charge in [-0.05, 0) is 36.5 Å². The maximum atomic E-state index is 12.2. The van der Waals surface area contributed by atoms with E-state index in [4.69, 9.17) is 17.0 Å². The number of carbonyl (C=O) groups excluding carboxylic acids is 2. The zero-order valence-electron chi connectivity index (χ0n) is 15.7. The van der Waals surface area contributed by atoms with Crippen LogP contribution in [0, 0.1) is 20.2 Å². The Morgan fingerprint density at radius 3 is 2.06 bits per heavy atom. The zero-order chi connectivity index (χ0) is 23.0. The molecule has 0 spiro atoms. The predicted octanol–water partition coefficient (Wildman–Crippen LogP) is 2.02. The third-order valence-electron chi connectivity index (χ3n) is 3.59. The molecule has 0 fully saturated rings. The van der Waals surface area contributed by atoms with Gasteiger partial charge in [-0.2, -0.15) is 0 Å². The molecule has 12 nitrogen and oxygen atoms in total. The first-order chi connectivity index (χ1) is 14.7. The molecule has 13 heteroatoms. The summed E-state index contributed by atoms with van der Waals surface area (Å²) in [5.74, 6) is -0.974. The number of nitrogens with zero attached hydrogens (tertiary/aromatic N) is 2. The average molecular weight is 445 g/mol. The number of non-ortho nitro benzene ring substituents is 2. The molecule has 0 saturated heterocycles. The first kappa shape index (κ1) is 22.9. The number of nitrogens with one attached hydrogen (secondary N) is 3. The van der Waals surface area contributed by atoms with E-state index in [1.54, 1.807) is 18.2 Å². The fourth-order valence-electron chi connectivity index (χ4n) is 2.19. The van der Waals surface area contributed by atoms with Crippen LogP contribution >= 0.6 is 12.2 Å². The van der Waals surface area contributed by atoms with E-state index in [1.165, 1.54) is 12.1 Å². The Kier molecular flexibility index (Phi) is 7.68. The standard InChI is InChI=1S/C18H15N5O7S/c1-2-7-30-15-5-3-11(4-6-15)17(25)20-21-18(31)19-16(24)12-8-13(22(26)27)10-14(9-12)23(28)29/h2-6,8-10H,1,7H2,(H,20,25)(H2,19,21,24,31). The quantitative estimate of drug-likeness (QED) is 0.250. The fourth-order valence-corrected chi connectivity index (χ4v) is 2.33. The van der Waals surface area contributed by atoms with Crippen molar-refractivity contribution in [3.63, 3.8) is 0 Å². The highest BCUT2D eigenvalue weighted by Crippen LogP contribution is 2.22. The lowest BCUT2D eigenvalue weighted by Crippen LogP contribution is -2.48. The summed E-state index contributed by atoms with van der Waals surface area (Å²) in [6.07, 6.45) is 1.58. The first-order valence-corrected chi connectivity index (χ1v) is 8.81. The summed E-state index contributed by atoms with van der Waals surface area (Å²) in [7, 11) is 0. The molecule has 0 bridgehead atoms. The van der Waals surface area contributed by atoms with Crippen molar-refractivity contribution >= 4 is 40.5 Å². The van der Waals surface area contributed by atoms with Crippen LogP contribution < -0.4 is 20.9 Å². The molecule has 2 amide bonds. The predicted molar refractivity (Wildman–Crippen MR) is 113 cm³/mol. The summed E-state index contributed by atoms with van der Waals surface area (Å²) in [5.41, 5.74) is 3.20. The number of nitro groups is 2. The van der Waals surface area contributed by atoms with Gasteiger partial charge in [0.25, 0.3) is 23.2 Å². The van der Waals surface area contributed by atoms with Crippen LogP contribution in [0.15, 0.2) is 55.1 Å². The molecule has 0 atom stereocenters. The highest BCUT2D eigenvalue weighted by Gasteiger charge is 2.20. The van der Waals surface area contributed by atoms with Gasteiger partial charge < -0.3 is 4.74 Å². The maximum Gasteiger partial charge on any atom is 0.277 e. The van der Waals surface area contributed by atoms with Crippen LogP contribution in [-0.2, 0) is 0 Å². The normalized spacial score (nSPS) is 9.81. The third kappa shape index (κ3) is 6.57. The minimum Gasteiger partial charge on any atom is -0.490 e. The van der Waals surface area contributed by atoms with E-state index >= 15 is 0 Å². The van der Waals surface area contributed by atoms with Gasteiger partial charge in [-0.25, -0.2) is 0 Å². The second-order valence-corrected chi connectivity index (χ2v) is 6.15. The van der Waals surface area contributed by atoms with Crippen LogP contribution in [0.2, 0.25) is 0 Å². The van der Waals surface area contributed by atoms with Crippen LogP contribution in [0.1, 0.15) is 20.7 Å². The van der Waals surface area contributed by atoms with Crippen molar-refractivity contribution in [1.82, 2.24) is 16.2 Å². The summed E-state index contributed by atoms with van der Waals surface area (Å²) >= 11 is 4.88. The van der Waals surface area contributed by atoms with Gasteiger partial charge in [0.2, 0.25) is 0 Å². The van der Waals surface area contributed by atoms with E-state index in [2.05, 4.69) is 22.7 Å². The smallest absolute Gasteiger partial charge is 0.277 e. The Hall–Kier alpha value is -4.39. The van der Waals surface area contributed by atoms with Crippen LogP contribution in [0.3, 0.4) is 0 Å². The second-order valence-electron chi connectivity index (χ2n) is 5.74. The summed E-state index contributed by atoms with van der Waals surface area (Å²) < 4.78 is 5.30. The molecule has 2 rings (SSSR count). The average Bonchev–Trinajstić information content (AvgIpc) is 2.75. The molecule has 0 aromatic heterocycles. The summed E-state index contributed by atoms with van der Waals surface area (Å²) in [6.45, 7) is 3.84. The van der Waals surface area contributed by atoms with Gasteiger partial charge in [-0.15, -0.1) is 0 Å². The zero-order valence-corrected chi connectivity index (χ0v) is 16.5. The summed E-state index contributed by atoms with van der Waals surface area (Å²) in [4.78, 5) is 44.4. The van der Waals surface area contributed by atoms with Crippen molar-refractivity contribution in [3.8, 4) is 5.75 Å². The van der Waals surface area contributed by atoms with Crippen molar-refractivity contribution in [2.24, 2.45) is 0 Å². The first-order valence-electron chi connectivity index (χ1n) is 8.40. The van der Waals surface area contributed by atoms with Gasteiger partial charge in [-0.3, -0.25) is 46.0 Å². The van der Waals surface area contributed by atoms with Crippen molar-refractivity contribution < 1.29 is 24.2 Å². The van der Waals surface area contributed by atoms with E-state index < -0.39 is 33.0 Å². The molecule has 0 unspecified atom stereocenters. The monoisotopic (exact) mass is 445 g/mol. The van der Waals surface area contributed by atoms with Crippen LogP contribution in [0.25, 0.3) is 0 Å². The molecule has 0 heterocycles. The molecule has 160 valence electrons. The third-order valence-corrected chi connectivity index (χ3v) is 3.79. The highest BCUT2D eigenvalue weighted by atomic mass is 32.1. The molecule has 2 aromatic rings. The van der Waals surface area contributed by atoms with Crippen LogP contribution in [0.4, 0.5) is 11.4 Å². The number of carbonyl (C=O) groups is 2. The molecule has 0 aliphatic heterocycles. The Morgan fingerprint density at radius 2 is 1.55 bits per heavy atom. The van der Waals surface area contributed by atoms with Crippen molar-refractivity contribution in [1.29, 1.82) is 0 Å². The van der Waals surface area contributed by atoms with Crippen molar-refractivity contribution in [2.75, 3.05) is 6.61 Å². The van der Waals surface area contributed by atoms with E-state index in [-0.39, 0.29) is 16.2 Å². The Bertz CT molecular complexity index is 1020. The molecular formula is C18H15N5O7S. The van der Waals surface area contributed by atoms with E-state index in [0.29, 0.717) is 12.4 Å². The number of hydrazine groups is 1. The number of hydrogen-bond donors (Lipinski definition) is 3. The van der Waals surface area contributed by atoms with Gasteiger partial charge >= 0.3 is 0 Å². The molecule has 0 aliphatic rings. The number of thiocarbonyl (C=S) groups is 1. The minimum atomic E-state index is -0.942. The number of ether oxygens (including phenoxy) is 1. The number of hydrogen-bond acceptors (Lipinski definition) is 8. The topological polar surface area (TPSA) is 166 Å². The van der Waals surface area contributed by atoms with Gasteiger partial charge in [0.05, 0.1) is 21.5 Å². The van der Waals surface area contributed by atoms with Gasteiger partial charge in [0.1, 0.15) is 12.4 Å². The Morgan fingerprint density at radius 1 is 0.968 bits per heavy atom. The lowest BCUT2D eigenvalue weighted by atomic mass is 10.1. The van der Waals surface area contributed by atoms with Gasteiger partial charge in [0, 0.05) is 17.7 Å². The lowest BCUT2D eigenvalue weighted by molar-refractivity contribution is -0.394. The molecule has 0 radical (unpaired) electrons. The Labute approximate surface area is 180 Å². The second kappa shape index (κ2) is 10.4. The fraction of sp³-hybridized carbons (Fsp3) is 0.0556. The molecule has 31 heavy (non-hydrogen) atoms. The van der Waals surface area contributed by atoms with Gasteiger partial charge in [0.15, 0.2) is 5.11 Å². The van der Waals surface area contributed by atoms with Crippen molar-refractivity contribution in [3.05, 3.63) is 86.5 Å². The van der Waals surface area contributed by atoms with Crippen molar-refractivity contribution in [2.45, 2.75) is 0 Å².